The summed E-state index contributed by atoms with van der Waals surface area (Å²) in [7, 11) is 0. The van der Waals surface area contributed by atoms with Gasteiger partial charge >= 0.3 is 24.1 Å². The monoisotopic (exact) mass is 968 g/mol. The summed E-state index contributed by atoms with van der Waals surface area (Å²) >= 11 is 0. The lowest BCUT2D eigenvalue weighted by Crippen LogP contribution is -2.35. The number of carbonyl (C=O) groups is 8. The van der Waals surface area contributed by atoms with Crippen molar-refractivity contribution in [2.24, 2.45) is 11.8 Å². The molecule has 1 saturated carbocycles. The van der Waals surface area contributed by atoms with Crippen molar-refractivity contribution < 1.29 is 66.8 Å². The minimum atomic E-state index is -0.755. The zero-order valence-electron chi connectivity index (χ0n) is 39.4. The zero-order valence-corrected chi connectivity index (χ0v) is 39.4. The highest BCUT2D eigenvalue weighted by atomic mass is 16.6. The number of hydrogen-bond donors (Lipinski definition) is 6. The quantitative estimate of drug-likeness (QED) is 0.0507. The number of rotatable bonds is 16. The molecule has 0 radical (unpaired) electrons. The second kappa shape index (κ2) is 27.2. The first kappa shape index (κ1) is 53.1. The Balaban J connectivity index is 1.22. The highest BCUT2D eigenvalue weighted by Crippen LogP contribution is 2.29. The van der Waals surface area contributed by atoms with E-state index in [0.29, 0.717) is 13.1 Å². The molecule has 374 valence electrons. The Hall–Kier alpha value is -7.90. The molecule has 8 rings (SSSR count). The molecule has 1 fully saturated rings. The van der Waals surface area contributed by atoms with Crippen LogP contribution in [0.2, 0.25) is 0 Å². The Morgan fingerprint density at radius 3 is 1.19 bits per heavy atom. The van der Waals surface area contributed by atoms with E-state index in [-0.39, 0.29) is 123 Å². The van der Waals surface area contributed by atoms with E-state index in [1.807, 2.05) is 0 Å². The SMILES string of the molecule is C=C(C)C(=O)OCCNC(=O)OCCOc1cc2cc(c1)C(=O)NCC1CCC(CC1)CNC(=O)c1cc(OCCOC(=O)NCCOC(=O)C(=C)C)cc(c1)C(=O)NCc1ccc(cc1)CNC2=O. The van der Waals surface area contributed by atoms with Gasteiger partial charge in [0.25, 0.3) is 23.6 Å². The second-order valence-corrected chi connectivity index (χ2v) is 16.6. The van der Waals surface area contributed by atoms with Gasteiger partial charge in [-0.25, -0.2) is 19.2 Å². The number of benzene rings is 3. The van der Waals surface area contributed by atoms with Crippen LogP contribution in [0.3, 0.4) is 0 Å². The summed E-state index contributed by atoms with van der Waals surface area (Å²) in [5.41, 5.74) is 2.69. The number of nitrogens with one attached hydrogen (secondary N) is 6. The van der Waals surface area contributed by atoms with Crippen molar-refractivity contribution in [3.8, 4) is 11.5 Å². The number of ether oxygens (including phenoxy) is 6. The molecule has 70 heavy (non-hydrogen) atoms. The van der Waals surface area contributed by atoms with Gasteiger partial charge in [-0.05, 0) is 98.9 Å². The first-order chi connectivity index (χ1) is 33.6. The number of esters is 2. The van der Waals surface area contributed by atoms with Gasteiger partial charge in [0.2, 0.25) is 0 Å². The van der Waals surface area contributed by atoms with Gasteiger partial charge in [-0.15, -0.1) is 0 Å². The molecule has 20 nitrogen and oxygen atoms in total. The third-order valence-electron chi connectivity index (χ3n) is 10.9. The Labute approximate surface area is 405 Å². The molecule has 3 aromatic carbocycles. The van der Waals surface area contributed by atoms with Crippen molar-refractivity contribution in [2.45, 2.75) is 52.6 Å². The van der Waals surface area contributed by atoms with Crippen LogP contribution in [0.1, 0.15) is 92.1 Å². The molecule has 6 amide bonds. The van der Waals surface area contributed by atoms with Crippen LogP contribution in [0.15, 0.2) is 85.0 Å². The molecule has 5 aliphatic rings. The molecule has 4 aliphatic heterocycles. The van der Waals surface area contributed by atoms with Crippen LogP contribution in [0.25, 0.3) is 0 Å². The van der Waals surface area contributed by atoms with Crippen molar-refractivity contribution in [3.63, 3.8) is 0 Å². The molecule has 0 unspecified atom stereocenters. The van der Waals surface area contributed by atoms with Gasteiger partial charge in [-0.1, -0.05) is 37.4 Å². The summed E-state index contributed by atoms with van der Waals surface area (Å²) < 4.78 is 31.8. The molecule has 0 aromatic heterocycles. The summed E-state index contributed by atoms with van der Waals surface area (Å²) in [5.74, 6) is -2.14. The fraction of sp³-hybridized carbons (Fsp3) is 0.400. The number of amides is 6. The first-order valence-electron chi connectivity index (χ1n) is 22.9. The lowest BCUT2D eigenvalue weighted by Gasteiger charge is -2.28. The standard InChI is InChI=1S/C50H60N6O14/c1-31(2)47(61)67-15-13-51-49(63)69-19-17-65-41-23-37-21-38(24-41)44(58)54-28-34-7-11-36(12-8-34)30-56-46(60)40-22-39(45(59)55-29-35-9-5-33(6-10-35)27-53-43(37)57)25-42(26-40)66-18-20-70-50(64)52-14-16-68-48(62)32(3)4/h5-6,9-10,21-26,34,36H,1,3,7-8,11-20,27-30H2,2,4H3,(H,51,63)(H,52,64)(H,53,57)(H,54,58)(H,55,59)(H,56,60). The maximum Gasteiger partial charge on any atom is 0.407 e. The fourth-order valence-corrected chi connectivity index (χ4v) is 7.08. The van der Waals surface area contributed by atoms with E-state index in [0.717, 1.165) is 36.8 Å². The summed E-state index contributed by atoms with van der Waals surface area (Å²) in [6.45, 7) is 10.5. The van der Waals surface area contributed by atoms with E-state index in [1.54, 1.807) is 24.3 Å². The minimum absolute atomic E-state index is 0.0250. The minimum Gasteiger partial charge on any atom is -0.490 e. The summed E-state index contributed by atoms with van der Waals surface area (Å²) in [6.07, 6.45) is 1.66. The van der Waals surface area contributed by atoms with Crippen molar-refractivity contribution >= 4 is 47.8 Å². The van der Waals surface area contributed by atoms with E-state index in [2.05, 4.69) is 45.1 Å². The molecule has 0 spiro atoms. The molecule has 8 bridgehead atoms. The Morgan fingerprint density at radius 2 is 0.843 bits per heavy atom. The predicted molar refractivity (Wildman–Crippen MR) is 253 cm³/mol. The molecule has 0 atom stereocenters. The predicted octanol–water partition coefficient (Wildman–Crippen LogP) is 4.27. The Morgan fingerprint density at radius 1 is 0.500 bits per heavy atom. The van der Waals surface area contributed by atoms with Gasteiger partial charge in [0.05, 0.1) is 13.1 Å². The van der Waals surface area contributed by atoms with E-state index in [4.69, 9.17) is 28.4 Å². The normalized spacial score (nSPS) is 16.2. The van der Waals surface area contributed by atoms with Gasteiger partial charge in [-0.2, -0.15) is 0 Å². The van der Waals surface area contributed by atoms with E-state index in [9.17, 15) is 38.4 Å². The van der Waals surface area contributed by atoms with Crippen molar-refractivity contribution in [1.82, 2.24) is 31.9 Å². The molecule has 3 aromatic rings. The smallest absolute Gasteiger partial charge is 0.407 e. The maximum atomic E-state index is 13.6. The van der Waals surface area contributed by atoms with Gasteiger partial charge in [0.1, 0.15) is 51.1 Å². The van der Waals surface area contributed by atoms with Crippen LogP contribution >= 0.6 is 0 Å². The van der Waals surface area contributed by atoms with Crippen molar-refractivity contribution in [3.05, 3.63) is 118 Å². The summed E-state index contributed by atoms with van der Waals surface area (Å²) in [6, 6.07) is 16.1. The molecule has 6 N–H and O–H groups in total. The van der Waals surface area contributed by atoms with Gasteiger partial charge < -0.3 is 60.3 Å². The molecule has 0 saturated heterocycles. The third-order valence-corrected chi connectivity index (χ3v) is 10.9. The maximum absolute atomic E-state index is 13.6. The number of carbonyl (C=O) groups excluding carboxylic acids is 8. The summed E-state index contributed by atoms with van der Waals surface area (Å²) in [4.78, 5) is 101. The van der Waals surface area contributed by atoms with Gasteiger partial charge in [0, 0.05) is 59.6 Å². The molecular formula is C50H60N6O14. The number of hydrogen-bond acceptors (Lipinski definition) is 14. The summed E-state index contributed by atoms with van der Waals surface area (Å²) in [5, 5.41) is 16.7. The Kier molecular flexibility index (Phi) is 20.6. The molecular weight excluding hydrogens is 909 g/mol. The molecule has 20 heteroatoms. The van der Waals surface area contributed by atoms with Gasteiger partial charge in [0.15, 0.2) is 0 Å². The van der Waals surface area contributed by atoms with Crippen molar-refractivity contribution in [2.75, 3.05) is 65.8 Å². The first-order valence-corrected chi connectivity index (χ1v) is 22.9. The topological polar surface area (TPSA) is 264 Å². The highest BCUT2D eigenvalue weighted by molar-refractivity contribution is 6.01. The van der Waals surface area contributed by atoms with Crippen molar-refractivity contribution in [1.29, 1.82) is 0 Å². The lowest BCUT2D eigenvalue weighted by molar-refractivity contribution is -0.139. The van der Waals surface area contributed by atoms with Crippen LogP contribution in [0.4, 0.5) is 9.59 Å². The van der Waals surface area contributed by atoms with Crippen LogP contribution in [0, 0.1) is 11.8 Å². The van der Waals surface area contributed by atoms with Crippen LogP contribution in [0.5, 0.6) is 11.5 Å². The van der Waals surface area contributed by atoms with Gasteiger partial charge in [-0.3, -0.25) is 19.2 Å². The largest absolute Gasteiger partial charge is 0.490 e. The zero-order chi connectivity index (χ0) is 50.4. The highest BCUT2D eigenvalue weighted by Gasteiger charge is 2.24. The van der Waals surface area contributed by atoms with Crippen LogP contribution in [-0.4, -0.2) is 114 Å². The van der Waals surface area contributed by atoms with Crippen LogP contribution in [-0.2, 0) is 41.6 Å². The Bertz CT molecular complexity index is 2230. The second-order valence-electron chi connectivity index (χ2n) is 16.6. The molecule has 4 heterocycles. The average Bonchev–Trinajstić information content (AvgIpc) is 3.36. The van der Waals surface area contributed by atoms with E-state index < -0.39 is 47.8 Å². The van der Waals surface area contributed by atoms with Crippen LogP contribution < -0.4 is 41.4 Å². The average molecular weight is 969 g/mol. The third kappa shape index (κ3) is 18.0. The lowest BCUT2D eigenvalue weighted by atomic mass is 9.82. The van der Waals surface area contributed by atoms with E-state index >= 15 is 0 Å². The fourth-order valence-electron chi connectivity index (χ4n) is 7.08. The molecule has 1 aliphatic carbocycles. The van der Waals surface area contributed by atoms with E-state index in [1.165, 1.54) is 50.2 Å². The number of alkyl carbamates (subject to hydrolysis) is 2.